The van der Waals surface area contributed by atoms with Crippen molar-refractivity contribution in [3.8, 4) is 6.07 Å². The van der Waals surface area contributed by atoms with Crippen LogP contribution < -0.4 is 5.32 Å². The van der Waals surface area contributed by atoms with Gasteiger partial charge in [0.05, 0.1) is 12.1 Å². The third-order valence-electron chi connectivity index (χ3n) is 2.84. The summed E-state index contributed by atoms with van der Waals surface area (Å²) in [5.74, 6) is 0. The van der Waals surface area contributed by atoms with Gasteiger partial charge in [-0.05, 0) is 32.9 Å². The predicted octanol–water partition coefficient (Wildman–Crippen LogP) is 0.972. The maximum atomic E-state index is 8.74. The molecule has 1 aliphatic rings. The van der Waals surface area contributed by atoms with Crippen molar-refractivity contribution >= 4 is 0 Å². The van der Waals surface area contributed by atoms with Crippen LogP contribution in [0.4, 0.5) is 0 Å². The van der Waals surface area contributed by atoms with E-state index in [1.54, 1.807) is 0 Å². The minimum Gasteiger partial charge on any atom is -0.302 e. The maximum Gasteiger partial charge on any atom is 0.0950 e. The first kappa shape index (κ1) is 10.5. The Hall–Kier alpha value is -0.590. The van der Waals surface area contributed by atoms with Crippen molar-refractivity contribution in [1.29, 1.82) is 5.26 Å². The average molecular weight is 181 g/mol. The van der Waals surface area contributed by atoms with Gasteiger partial charge in [0.15, 0.2) is 0 Å². The van der Waals surface area contributed by atoms with E-state index in [-0.39, 0.29) is 6.04 Å². The van der Waals surface area contributed by atoms with Crippen molar-refractivity contribution in [1.82, 2.24) is 10.2 Å². The van der Waals surface area contributed by atoms with Crippen LogP contribution in [0.1, 0.15) is 26.2 Å². The molecule has 3 heteroatoms. The fourth-order valence-electron chi connectivity index (χ4n) is 1.80. The lowest BCUT2D eigenvalue weighted by Crippen LogP contribution is -2.39. The minimum absolute atomic E-state index is 0.0361. The molecule has 1 heterocycles. The van der Waals surface area contributed by atoms with Crippen LogP contribution in [-0.2, 0) is 0 Å². The van der Waals surface area contributed by atoms with Crippen LogP contribution in [0, 0.1) is 11.3 Å². The largest absolute Gasteiger partial charge is 0.302 e. The number of nitriles is 1. The number of rotatable bonds is 4. The molecule has 0 radical (unpaired) electrons. The second-order valence-corrected chi connectivity index (χ2v) is 3.77. The Morgan fingerprint density at radius 2 is 2.46 bits per heavy atom. The number of likely N-dealkylation sites (N-methyl/N-ethyl adjacent to an activating group) is 1. The van der Waals surface area contributed by atoms with Gasteiger partial charge in [-0.25, -0.2) is 0 Å². The number of likely N-dealkylation sites (tertiary alicyclic amines) is 1. The van der Waals surface area contributed by atoms with E-state index in [4.69, 9.17) is 5.26 Å². The quantitative estimate of drug-likeness (QED) is 0.702. The molecule has 3 nitrogen and oxygen atoms in total. The summed E-state index contributed by atoms with van der Waals surface area (Å²) < 4.78 is 0. The third kappa shape index (κ3) is 2.98. The second kappa shape index (κ2) is 5.21. The molecule has 0 aromatic rings. The fourth-order valence-corrected chi connectivity index (χ4v) is 1.80. The highest BCUT2D eigenvalue weighted by Crippen LogP contribution is 2.13. The van der Waals surface area contributed by atoms with E-state index in [2.05, 4.69) is 23.3 Å². The monoisotopic (exact) mass is 181 g/mol. The fraction of sp³-hybridized carbons (Fsp3) is 0.900. The zero-order valence-electron chi connectivity index (χ0n) is 8.58. The standard InChI is InChI=1S/C10H19N3/c1-3-9(7-11)12-8-10-5-4-6-13(10)2/h9-10,12H,3-6,8H2,1-2H3. The highest BCUT2D eigenvalue weighted by Gasteiger charge is 2.20. The van der Waals surface area contributed by atoms with E-state index in [1.165, 1.54) is 19.4 Å². The Bertz CT molecular complexity index is 185. The topological polar surface area (TPSA) is 39.1 Å². The highest BCUT2D eigenvalue weighted by molar-refractivity contribution is 4.90. The van der Waals surface area contributed by atoms with Gasteiger partial charge in [-0.1, -0.05) is 6.92 Å². The molecule has 0 aromatic heterocycles. The van der Waals surface area contributed by atoms with Crippen molar-refractivity contribution in [3.05, 3.63) is 0 Å². The van der Waals surface area contributed by atoms with Gasteiger partial charge in [0, 0.05) is 12.6 Å². The number of nitrogens with zero attached hydrogens (tertiary/aromatic N) is 2. The smallest absolute Gasteiger partial charge is 0.0950 e. The number of hydrogen-bond acceptors (Lipinski definition) is 3. The van der Waals surface area contributed by atoms with Crippen LogP contribution in [0.3, 0.4) is 0 Å². The van der Waals surface area contributed by atoms with Crippen LogP contribution in [0.5, 0.6) is 0 Å². The van der Waals surface area contributed by atoms with Crippen molar-refractivity contribution in [3.63, 3.8) is 0 Å². The molecule has 1 N–H and O–H groups in total. The number of hydrogen-bond donors (Lipinski definition) is 1. The average Bonchev–Trinajstić information content (AvgIpc) is 2.54. The predicted molar refractivity (Wildman–Crippen MR) is 53.3 cm³/mol. The zero-order chi connectivity index (χ0) is 9.68. The Morgan fingerprint density at radius 1 is 1.69 bits per heavy atom. The molecular formula is C10H19N3. The van der Waals surface area contributed by atoms with Gasteiger partial charge in [-0.2, -0.15) is 5.26 Å². The third-order valence-corrected chi connectivity index (χ3v) is 2.84. The summed E-state index contributed by atoms with van der Waals surface area (Å²) in [4.78, 5) is 2.37. The van der Waals surface area contributed by atoms with Crippen molar-refractivity contribution in [2.24, 2.45) is 0 Å². The van der Waals surface area contributed by atoms with E-state index in [9.17, 15) is 0 Å². The molecule has 2 unspecified atom stereocenters. The van der Waals surface area contributed by atoms with Gasteiger partial charge in [0.25, 0.3) is 0 Å². The number of nitrogens with one attached hydrogen (secondary N) is 1. The molecular weight excluding hydrogens is 162 g/mol. The van der Waals surface area contributed by atoms with Gasteiger partial charge < -0.3 is 10.2 Å². The summed E-state index contributed by atoms with van der Waals surface area (Å²) in [6, 6.07) is 2.94. The minimum atomic E-state index is 0.0361. The lowest BCUT2D eigenvalue weighted by atomic mass is 10.2. The van der Waals surface area contributed by atoms with E-state index < -0.39 is 0 Å². The summed E-state index contributed by atoms with van der Waals surface area (Å²) >= 11 is 0. The zero-order valence-corrected chi connectivity index (χ0v) is 8.58. The van der Waals surface area contributed by atoms with Crippen LogP contribution in [0.25, 0.3) is 0 Å². The molecule has 1 fully saturated rings. The van der Waals surface area contributed by atoms with E-state index in [1.807, 2.05) is 6.92 Å². The van der Waals surface area contributed by atoms with Gasteiger partial charge in [-0.3, -0.25) is 0 Å². The van der Waals surface area contributed by atoms with Crippen LogP contribution in [0.2, 0.25) is 0 Å². The SMILES string of the molecule is CCC(C#N)NCC1CCCN1C. The van der Waals surface area contributed by atoms with Gasteiger partial charge in [-0.15, -0.1) is 0 Å². The first-order valence-electron chi connectivity index (χ1n) is 5.11. The molecule has 0 aliphatic carbocycles. The molecule has 13 heavy (non-hydrogen) atoms. The summed E-state index contributed by atoms with van der Waals surface area (Å²) in [5.41, 5.74) is 0. The summed E-state index contributed by atoms with van der Waals surface area (Å²) in [6.07, 6.45) is 3.46. The second-order valence-electron chi connectivity index (χ2n) is 3.77. The summed E-state index contributed by atoms with van der Waals surface area (Å²) in [6.45, 7) is 4.21. The Kier molecular flexibility index (Phi) is 4.20. The normalized spacial score (nSPS) is 25.8. The van der Waals surface area contributed by atoms with E-state index >= 15 is 0 Å². The lowest BCUT2D eigenvalue weighted by molar-refractivity contribution is 0.296. The molecule has 0 amide bonds. The molecule has 0 bridgehead atoms. The molecule has 0 aromatic carbocycles. The van der Waals surface area contributed by atoms with Crippen LogP contribution in [-0.4, -0.2) is 37.1 Å². The van der Waals surface area contributed by atoms with Gasteiger partial charge in [0.1, 0.15) is 0 Å². The molecule has 1 aliphatic heterocycles. The highest BCUT2D eigenvalue weighted by atomic mass is 15.2. The molecule has 0 spiro atoms. The first-order chi connectivity index (χ1) is 6.27. The van der Waals surface area contributed by atoms with Crippen molar-refractivity contribution in [2.45, 2.75) is 38.3 Å². The molecule has 1 saturated heterocycles. The van der Waals surface area contributed by atoms with Crippen LogP contribution in [0.15, 0.2) is 0 Å². The van der Waals surface area contributed by atoms with Gasteiger partial charge in [0.2, 0.25) is 0 Å². The van der Waals surface area contributed by atoms with Crippen molar-refractivity contribution < 1.29 is 0 Å². The Balaban J connectivity index is 2.22. The molecule has 0 saturated carbocycles. The summed E-state index contributed by atoms with van der Waals surface area (Å²) in [7, 11) is 2.16. The van der Waals surface area contributed by atoms with E-state index in [0.717, 1.165) is 13.0 Å². The van der Waals surface area contributed by atoms with Gasteiger partial charge >= 0.3 is 0 Å². The first-order valence-corrected chi connectivity index (χ1v) is 5.11. The lowest BCUT2D eigenvalue weighted by Gasteiger charge is -2.21. The Labute approximate surface area is 80.7 Å². The van der Waals surface area contributed by atoms with Crippen molar-refractivity contribution in [2.75, 3.05) is 20.1 Å². The molecule has 2 atom stereocenters. The summed E-state index contributed by atoms with van der Waals surface area (Å²) in [5, 5.41) is 12.0. The Morgan fingerprint density at radius 3 is 2.92 bits per heavy atom. The van der Waals surface area contributed by atoms with Crippen LogP contribution >= 0.6 is 0 Å². The molecule has 1 rings (SSSR count). The molecule has 74 valence electrons. The maximum absolute atomic E-state index is 8.74. The van der Waals surface area contributed by atoms with E-state index in [0.29, 0.717) is 6.04 Å².